The average Bonchev–Trinajstić information content (AvgIpc) is 2.25. The summed E-state index contributed by atoms with van der Waals surface area (Å²) < 4.78 is 5.07. The third kappa shape index (κ3) is 2.20. The Hall–Kier alpha value is -1.71. The van der Waals surface area contributed by atoms with Crippen LogP contribution in [-0.2, 0) is 0 Å². The summed E-state index contributed by atoms with van der Waals surface area (Å²) in [6.07, 6.45) is 3.40. The number of carbonyl (C=O) groups is 1. The van der Waals surface area contributed by atoms with E-state index >= 15 is 0 Å². The summed E-state index contributed by atoms with van der Waals surface area (Å²) in [4.78, 5) is 14.0. The molecule has 1 aliphatic rings. The molecule has 0 bridgehead atoms. The predicted molar refractivity (Wildman–Crippen MR) is 67.1 cm³/mol. The summed E-state index contributed by atoms with van der Waals surface area (Å²) >= 11 is 0. The van der Waals surface area contributed by atoms with Gasteiger partial charge in [-0.15, -0.1) is 0 Å². The smallest absolute Gasteiger partial charge is 0.255 e. The molecule has 1 fully saturated rings. The number of carbonyl (C=O) groups excluding carboxylic acids is 1. The maximum Gasteiger partial charge on any atom is 0.255 e. The van der Waals surface area contributed by atoms with Crippen molar-refractivity contribution >= 4 is 11.6 Å². The van der Waals surface area contributed by atoms with Crippen molar-refractivity contribution in [3.05, 3.63) is 23.8 Å². The summed E-state index contributed by atoms with van der Waals surface area (Å²) in [6, 6.07) is 5.55. The molecule has 0 unspecified atom stereocenters. The van der Waals surface area contributed by atoms with Gasteiger partial charge in [0, 0.05) is 24.8 Å². The lowest BCUT2D eigenvalue weighted by atomic mass is 9.91. The Morgan fingerprint density at radius 3 is 2.65 bits per heavy atom. The van der Waals surface area contributed by atoms with Crippen molar-refractivity contribution in [3.8, 4) is 5.75 Å². The van der Waals surface area contributed by atoms with E-state index in [2.05, 4.69) is 0 Å². The van der Waals surface area contributed by atoms with Crippen LogP contribution in [0.1, 0.15) is 29.6 Å². The molecule has 1 saturated carbocycles. The minimum Gasteiger partial charge on any atom is -0.497 e. The minimum atomic E-state index is -0.00477. The Balaban J connectivity index is 2.18. The van der Waals surface area contributed by atoms with Gasteiger partial charge in [-0.25, -0.2) is 0 Å². The van der Waals surface area contributed by atoms with Gasteiger partial charge < -0.3 is 15.4 Å². The molecule has 0 radical (unpaired) electrons. The Morgan fingerprint density at radius 2 is 2.18 bits per heavy atom. The molecule has 4 nitrogen and oxygen atoms in total. The number of ether oxygens (including phenoxy) is 1. The van der Waals surface area contributed by atoms with Crippen LogP contribution < -0.4 is 10.5 Å². The third-order valence-corrected chi connectivity index (χ3v) is 3.43. The Labute approximate surface area is 101 Å². The van der Waals surface area contributed by atoms with Gasteiger partial charge in [-0.1, -0.05) is 0 Å². The minimum absolute atomic E-state index is 0.00477. The first-order valence-electron chi connectivity index (χ1n) is 5.84. The number of hydrogen-bond acceptors (Lipinski definition) is 3. The fourth-order valence-electron chi connectivity index (χ4n) is 1.99. The normalized spacial score (nSPS) is 15.2. The first-order chi connectivity index (χ1) is 8.13. The number of nitrogens with zero attached hydrogens (tertiary/aromatic N) is 1. The van der Waals surface area contributed by atoms with E-state index in [0.717, 1.165) is 12.8 Å². The van der Waals surface area contributed by atoms with E-state index in [9.17, 15) is 4.79 Å². The average molecular weight is 234 g/mol. The zero-order valence-electron chi connectivity index (χ0n) is 10.3. The van der Waals surface area contributed by atoms with Crippen molar-refractivity contribution in [3.63, 3.8) is 0 Å². The van der Waals surface area contributed by atoms with Crippen molar-refractivity contribution in [2.24, 2.45) is 0 Å². The molecule has 4 heteroatoms. The van der Waals surface area contributed by atoms with Crippen LogP contribution in [0.4, 0.5) is 5.69 Å². The number of anilines is 1. The molecule has 92 valence electrons. The van der Waals surface area contributed by atoms with E-state index in [1.807, 2.05) is 7.05 Å². The number of methoxy groups -OCH3 is 1. The van der Waals surface area contributed by atoms with Crippen LogP contribution in [0.15, 0.2) is 18.2 Å². The standard InChI is InChI=1S/C13H18N2O2/c1-15(9-4-3-5-9)13(16)11-7-6-10(17-2)8-12(11)14/h6-9H,3-5,14H2,1-2H3. The number of rotatable bonds is 3. The molecule has 1 amide bonds. The van der Waals surface area contributed by atoms with Gasteiger partial charge in [0.2, 0.25) is 0 Å². The van der Waals surface area contributed by atoms with E-state index in [-0.39, 0.29) is 5.91 Å². The zero-order chi connectivity index (χ0) is 12.4. The molecule has 0 saturated heterocycles. The van der Waals surface area contributed by atoms with Crippen LogP contribution >= 0.6 is 0 Å². The lowest BCUT2D eigenvalue weighted by Gasteiger charge is -2.35. The van der Waals surface area contributed by atoms with Crippen LogP contribution in [0.3, 0.4) is 0 Å². The van der Waals surface area contributed by atoms with Crippen molar-refractivity contribution in [1.29, 1.82) is 0 Å². The zero-order valence-corrected chi connectivity index (χ0v) is 10.3. The molecular weight excluding hydrogens is 216 g/mol. The van der Waals surface area contributed by atoms with Crippen LogP contribution in [0.5, 0.6) is 5.75 Å². The highest BCUT2D eigenvalue weighted by Gasteiger charge is 2.27. The molecule has 1 aromatic carbocycles. The van der Waals surface area contributed by atoms with E-state index in [1.54, 1.807) is 30.2 Å². The van der Waals surface area contributed by atoms with Gasteiger partial charge in [-0.3, -0.25) is 4.79 Å². The summed E-state index contributed by atoms with van der Waals surface area (Å²) in [5.41, 5.74) is 6.90. The monoisotopic (exact) mass is 234 g/mol. The van der Waals surface area contributed by atoms with E-state index < -0.39 is 0 Å². The van der Waals surface area contributed by atoms with Crippen molar-refractivity contribution in [2.75, 3.05) is 19.9 Å². The highest BCUT2D eigenvalue weighted by atomic mass is 16.5. The molecule has 1 aliphatic carbocycles. The SMILES string of the molecule is COc1ccc(C(=O)N(C)C2CCC2)c(N)c1. The first-order valence-corrected chi connectivity index (χ1v) is 5.84. The molecule has 2 N–H and O–H groups in total. The van der Waals surface area contributed by atoms with Gasteiger partial charge >= 0.3 is 0 Å². The lowest BCUT2D eigenvalue weighted by Crippen LogP contribution is -2.41. The molecule has 17 heavy (non-hydrogen) atoms. The Bertz CT molecular complexity index is 427. The maximum absolute atomic E-state index is 12.2. The Morgan fingerprint density at radius 1 is 1.47 bits per heavy atom. The van der Waals surface area contributed by atoms with E-state index in [0.29, 0.717) is 23.0 Å². The summed E-state index contributed by atoms with van der Waals surface area (Å²) in [5.74, 6) is 0.667. The maximum atomic E-state index is 12.2. The second-order valence-electron chi connectivity index (χ2n) is 4.45. The molecule has 0 aromatic heterocycles. The largest absolute Gasteiger partial charge is 0.497 e. The highest BCUT2D eigenvalue weighted by molar-refractivity contribution is 5.99. The molecule has 1 aromatic rings. The van der Waals surface area contributed by atoms with Gasteiger partial charge in [0.1, 0.15) is 5.75 Å². The summed E-state index contributed by atoms with van der Waals surface area (Å²) in [6.45, 7) is 0. The van der Waals surface area contributed by atoms with Crippen LogP contribution in [0.2, 0.25) is 0 Å². The van der Waals surface area contributed by atoms with E-state index in [4.69, 9.17) is 10.5 Å². The number of nitrogens with two attached hydrogens (primary N) is 1. The molecule has 0 aliphatic heterocycles. The molecule has 0 atom stereocenters. The van der Waals surface area contributed by atoms with Crippen LogP contribution in [-0.4, -0.2) is 31.0 Å². The second kappa shape index (κ2) is 4.65. The molecule has 2 rings (SSSR count). The quantitative estimate of drug-likeness (QED) is 0.813. The van der Waals surface area contributed by atoms with Crippen molar-refractivity contribution in [1.82, 2.24) is 4.90 Å². The second-order valence-corrected chi connectivity index (χ2v) is 4.45. The molecule has 0 heterocycles. The predicted octanol–water partition coefficient (Wildman–Crippen LogP) is 1.90. The summed E-state index contributed by atoms with van der Waals surface area (Å²) in [7, 11) is 3.42. The topological polar surface area (TPSA) is 55.6 Å². The number of nitrogen functional groups attached to an aromatic ring is 1. The van der Waals surface area contributed by atoms with Crippen LogP contribution in [0.25, 0.3) is 0 Å². The number of hydrogen-bond donors (Lipinski definition) is 1. The fraction of sp³-hybridized carbons (Fsp3) is 0.462. The highest BCUT2D eigenvalue weighted by Crippen LogP contribution is 2.27. The van der Waals surface area contributed by atoms with Crippen molar-refractivity contribution in [2.45, 2.75) is 25.3 Å². The lowest BCUT2D eigenvalue weighted by molar-refractivity contribution is 0.0653. The van der Waals surface area contributed by atoms with Gasteiger partial charge in [0.25, 0.3) is 5.91 Å². The number of amides is 1. The fourth-order valence-corrected chi connectivity index (χ4v) is 1.99. The van der Waals surface area contributed by atoms with E-state index in [1.165, 1.54) is 6.42 Å². The van der Waals surface area contributed by atoms with Gasteiger partial charge in [-0.2, -0.15) is 0 Å². The molecular formula is C13H18N2O2. The van der Waals surface area contributed by atoms with Gasteiger partial charge in [0.15, 0.2) is 0 Å². The third-order valence-electron chi connectivity index (χ3n) is 3.43. The Kier molecular flexibility index (Phi) is 3.22. The van der Waals surface area contributed by atoms with Gasteiger partial charge in [0.05, 0.1) is 12.7 Å². The number of benzene rings is 1. The molecule has 0 spiro atoms. The first kappa shape index (κ1) is 11.8. The van der Waals surface area contributed by atoms with Gasteiger partial charge in [-0.05, 0) is 31.4 Å². The summed E-state index contributed by atoms with van der Waals surface area (Å²) in [5, 5.41) is 0. The van der Waals surface area contributed by atoms with Crippen molar-refractivity contribution < 1.29 is 9.53 Å². The van der Waals surface area contributed by atoms with Crippen LogP contribution in [0, 0.1) is 0 Å².